The average molecular weight is 739 g/mol. The Kier molecular flexibility index (Phi) is 34.9. The SMILES string of the molecule is CC/C=C\C/C=C\C/C=C\C/C=C\C/C=C\CC(=O)OC(/C=C\C/C=C\CCCCCC)CCCCCCCCC(=O)NCC(=O)NC(CO)C(=O)O. The number of nitrogens with one attached hydrogen (secondary N) is 2. The maximum Gasteiger partial charge on any atom is 0.328 e. The fourth-order valence-corrected chi connectivity index (χ4v) is 5.09. The van der Waals surface area contributed by atoms with Gasteiger partial charge in [-0.15, -0.1) is 0 Å². The Morgan fingerprint density at radius 2 is 1.17 bits per heavy atom. The van der Waals surface area contributed by atoms with Crippen LogP contribution in [0.2, 0.25) is 0 Å². The van der Waals surface area contributed by atoms with Crippen molar-refractivity contribution in [2.75, 3.05) is 13.2 Å². The Bertz CT molecular complexity index is 1170. The zero-order valence-corrected chi connectivity index (χ0v) is 32.7. The Morgan fingerprint density at radius 3 is 1.77 bits per heavy atom. The van der Waals surface area contributed by atoms with E-state index in [1.807, 2.05) is 18.2 Å². The van der Waals surface area contributed by atoms with Crippen LogP contribution in [0.5, 0.6) is 0 Å². The molecule has 0 aliphatic rings. The molecule has 0 aromatic carbocycles. The summed E-state index contributed by atoms with van der Waals surface area (Å²) in [5, 5.41) is 22.5. The maximum atomic E-state index is 12.6. The van der Waals surface area contributed by atoms with Gasteiger partial charge in [0, 0.05) is 6.42 Å². The van der Waals surface area contributed by atoms with Crippen molar-refractivity contribution in [1.82, 2.24) is 10.6 Å². The standard InChI is InChI=1S/C44H70N2O7/c1-3-5-7-9-11-13-14-15-16-17-18-20-22-28-32-36-43(50)53-39(33-29-25-21-19-12-10-8-6-4-2)34-30-26-23-24-27-31-35-41(48)45-37-42(49)46-40(38-47)44(51)52/h5,7,11,13,15-16,18-21,28-29,32-33,39-40,47H,3-4,6,8-10,12,14,17,22-27,30-31,34-38H2,1-2H3,(H,45,48)(H,46,49)(H,51,52)/b7-5-,13-11-,16-15-,20-18-,21-19-,32-28-,33-29-. The number of hydrogen-bond donors (Lipinski definition) is 4. The van der Waals surface area contributed by atoms with Crippen LogP contribution >= 0.6 is 0 Å². The summed E-state index contributed by atoms with van der Waals surface area (Å²) in [6.07, 6.45) is 47.8. The second kappa shape index (κ2) is 37.8. The predicted molar refractivity (Wildman–Crippen MR) is 217 cm³/mol. The van der Waals surface area contributed by atoms with Crippen molar-refractivity contribution < 1.29 is 34.1 Å². The molecule has 0 aromatic rings. The number of rotatable bonds is 34. The molecule has 2 atom stereocenters. The number of hydrogen-bond acceptors (Lipinski definition) is 6. The lowest BCUT2D eigenvalue weighted by Crippen LogP contribution is -2.47. The Balaban J connectivity index is 4.48. The first kappa shape index (κ1) is 49.0. The van der Waals surface area contributed by atoms with E-state index in [0.717, 1.165) is 83.5 Å². The van der Waals surface area contributed by atoms with E-state index in [0.29, 0.717) is 6.42 Å². The van der Waals surface area contributed by atoms with Gasteiger partial charge >= 0.3 is 11.9 Å². The van der Waals surface area contributed by atoms with Gasteiger partial charge in [0.25, 0.3) is 0 Å². The highest BCUT2D eigenvalue weighted by molar-refractivity contribution is 5.87. The number of carbonyl (C=O) groups is 4. The average Bonchev–Trinajstić information content (AvgIpc) is 3.14. The molecular weight excluding hydrogens is 668 g/mol. The third-order valence-electron chi connectivity index (χ3n) is 8.14. The van der Waals surface area contributed by atoms with Crippen LogP contribution in [0.3, 0.4) is 0 Å². The molecule has 0 aromatic heterocycles. The summed E-state index contributed by atoms with van der Waals surface area (Å²) in [6.45, 7) is 3.30. The third-order valence-corrected chi connectivity index (χ3v) is 8.14. The smallest absolute Gasteiger partial charge is 0.328 e. The highest BCUT2D eigenvalue weighted by atomic mass is 16.5. The molecular formula is C44H70N2O7. The summed E-state index contributed by atoms with van der Waals surface area (Å²) >= 11 is 0. The fraction of sp³-hybridized carbons (Fsp3) is 0.591. The van der Waals surface area contributed by atoms with Crippen LogP contribution in [0.1, 0.15) is 142 Å². The Hall–Kier alpha value is -3.98. The van der Waals surface area contributed by atoms with Crippen LogP contribution < -0.4 is 10.6 Å². The monoisotopic (exact) mass is 739 g/mol. The lowest BCUT2D eigenvalue weighted by Gasteiger charge is -2.14. The van der Waals surface area contributed by atoms with E-state index in [9.17, 15) is 19.2 Å². The molecule has 9 heteroatoms. The molecule has 0 aliphatic carbocycles. The molecule has 9 nitrogen and oxygen atoms in total. The van der Waals surface area contributed by atoms with Crippen molar-refractivity contribution in [1.29, 1.82) is 0 Å². The number of unbranched alkanes of at least 4 members (excludes halogenated alkanes) is 9. The van der Waals surface area contributed by atoms with Gasteiger partial charge in [0.1, 0.15) is 12.1 Å². The van der Waals surface area contributed by atoms with Crippen molar-refractivity contribution in [3.8, 4) is 0 Å². The van der Waals surface area contributed by atoms with Crippen molar-refractivity contribution in [3.05, 3.63) is 85.1 Å². The van der Waals surface area contributed by atoms with Crippen LogP contribution in [0.15, 0.2) is 85.1 Å². The van der Waals surface area contributed by atoms with Gasteiger partial charge in [0.15, 0.2) is 0 Å². The van der Waals surface area contributed by atoms with Gasteiger partial charge in [-0.05, 0) is 76.7 Å². The molecule has 0 fully saturated rings. The van der Waals surface area contributed by atoms with Gasteiger partial charge in [-0.1, -0.05) is 138 Å². The quantitative estimate of drug-likeness (QED) is 0.0293. The summed E-state index contributed by atoms with van der Waals surface area (Å²) in [5.74, 6) is -2.50. The molecule has 0 spiro atoms. The summed E-state index contributed by atoms with van der Waals surface area (Å²) in [7, 11) is 0. The minimum Gasteiger partial charge on any atom is -0.480 e. The molecule has 53 heavy (non-hydrogen) atoms. The van der Waals surface area contributed by atoms with Crippen LogP contribution in [-0.2, 0) is 23.9 Å². The zero-order chi connectivity index (χ0) is 39.0. The molecule has 0 radical (unpaired) electrons. The topological polar surface area (TPSA) is 142 Å². The van der Waals surface area contributed by atoms with Gasteiger partial charge in [0.05, 0.1) is 19.6 Å². The molecule has 0 bridgehead atoms. The molecule has 0 saturated carbocycles. The Labute approximate surface area is 320 Å². The molecule has 0 rings (SSSR count). The number of ether oxygens (including phenoxy) is 1. The highest BCUT2D eigenvalue weighted by Crippen LogP contribution is 2.14. The lowest BCUT2D eigenvalue weighted by atomic mass is 10.1. The van der Waals surface area contributed by atoms with Crippen molar-refractivity contribution >= 4 is 23.8 Å². The van der Waals surface area contributed by atoms with E-state index < -0.39 is 24.5 Å². The number of aliphatic hydroxyl groups excluding tert-OH is 1. The summed E-state index contributed by atoms with van der Waals surface area (Å²) in [5.41, 5.74) is 0. The number of carbonyl (C=O) groups excluding carboxylic acids is 3. The maximum absolute atomic E-state index is 12.6. The minimum absolute atomic E-state index is 0.224. The van der Waals surface area contributed by atoms with E-state index >= 15 is 0 Å². The molecule has 298 valence electrons. The first-order valence-electron chi connectivity index (χ1n) is 20.0. The second-order valence-electron chi connectivity index (χ2n) is 13.0. The molecule has 4 N–H and O–H groups in total. The second-order valence-corrected chi connectivity index (χ2v) is 13.0. The van der Waals surface area contributed by atoms with Crippen LogP contribution in [0.25, 0.3) is 0 Å². The largest absolute Gasteiger partial charge is 0.480 e. The fourth-order valence-electron chi connectivity index (χ4n) is 5.09. The first-order chi connectivity index (χ1) is 25.8. The summed E-state index contributed by atoms with van der Waals surface area (Å²) in [4.78, 5) is 47.3. The minimum atomic E-state index is -1.39. The van der Waals surface area contributed by atoms with Gasteiger partial charge in [-0.2, -0.15) is 0 Å². The first-order valence-corrected chi connectivity index (χ1v) is 20.0. The highest BCUT2D eigenvalue weighted by Gasteiger charge is 2.18. The van der Waals surface area contributed by atoms with Gasteiger partial charge < -0.3 is 25.6 Å². The number of allylic oxidation sites excluding steroid dienone is 12. The van der Waals surface area contributed by atoms with Gasteiger partial charge in [0.2, 0.25) is 11.8 Å². The van der Waals surface area contributed by atoms with Crippen molar-refractivity contribution in [3.63, 3.8) is 0 Å². The summed E-state index contributed by atoms with van der Waals surface area (Å²) in [6, 6.07) is -1.39. The van der Waals surface area contributed by atoms with Crippen LogP contribution in [-0.4, -0.2) is 59.3 Å². The molecule has 2 unspecified atom stereocenters. The van der Waals surface area contributed by atoms with Crippen LogP contribution in [0, 0.1) is 0 Å². The molecule has 2 amide bonds. The lowest BCUT2D eigenvalue weighted by molar-refractivity contribution is -0.146. The number of amides is 2. The number of aliphatic hydroxyl groups is 1. The van der Waals surface area contributed by atoms with Crippen molar-refractivity contribution in [2.45, 2.75) is 154 Å². The summed E-state index contributed by atoms with van der Waals surface area (Å²) < 4.78 is 5.84. The Morgan fingerprint density at radius 1 is 0.623 bits per heavy atom. The zero-order valence-electron chi connectivity index (χ0n) is 32.7. The van der Waals surface area contributed by atoms with Crippen molar-refractivity contribution in [2.24, 2.45) is 0 Å². The number of carboxylic acid groups (broad SMARTS) is 1. The number of esters is 1. The number of carboxylic acids is 1. The van der Waals surface area contributed by atoms with Gasteiger partial charge in [-0.25, -0.2) is 4.79 Å². The molecule has 0 aliphatic heterocycles. The van der Waals surface area contributed by atoms with E-state index in [2.05, 4.69) is 91.3 Å². The normalized spacial score (nSPS) is 13.4. The van der Waals surface area contributed by atoms with E-state index in [4.69, 9.17) is 14.9 Å². The van der Waals surface area contributed by atoms with E-state index in [1.54, 1.807) is 0 Å². The number of aliphatic carboxylic acids is 1. The predicted octanol–water partition coefficient (Wildman–Crippen LogP) is 9.31. The van der Waals surface area contributed by atoms with Gasteiger partial charge in [-0.3, -0.25) is 14.4 Å². The molecule has 0 heterocycles. The third kappa shape index (κ3) is 34.9. The molecule has 0 saturated heterocycles. The van der Waals surface area contributed by atoms with Crippen LogP contribution in [0.4, 0.5) is 0 Å². The van der Waals surface area contributed by atoms with E-state index in [-0.39, 0.29) is 37.4 Å². The van der Waals surface area contributed by atoms with E-state index in [1.165, 1.54) is 25.7 Å².